The molecule has 25 heavy (non-hydrogen) atoms. The van der Waals surface area contributed by atoms with Crippen LogP contribution in [0, 0.1) is 11.8 Å². The van der Waals surface area contributed by atoms with Crippen LogP contribution in [0.1, 0.15) is 40.0 Å². The molecule has 3 saturated heterocycles. The second-order valence-corrected chi connectivity index (χ2v) is 9.14. The Morgan fingerprint density at radius 1 is 1.16 bits per heavy atom. The summed E-state index contributed by atoms with van der Waals surface area (Å²) in [6.45, 7) is 11.1. The largest absolute Gasteiger partial charge is 0.387 e. The van der Waals surface area contributed by atoms with Crippen LogP contribution in [0.2, 0.25) is 0 Å². The van der Waals surface area contributed by atoms with Gasteiger partial charge in [-0.3, -0.25) is 0 Å². The van der Waals surface area contributed by atoms with E-state index in [0.717, 1.165) is 19.3 Å². The Morgan fingerprint density at radius 3 is 2.64 bits per heavy atom. The Morgan fingerprint density at radius 2 is 1.92 bits per heavy atom. The fourth-order valence-corrected chi connectivity index (χ4v) is 5.03. The molecule has 5 heteroatoms. The maximum absolute atomic E-state index is 10.8. The van der Waals surface area contributed by atoms with Gasteiger partial charge in [-0.1, -0.05) is 12.2 Å². The van der Waals surface area contributed by atoms with Gasteiger partial charge in [-0.25, -0.2) is 0 Å². The van der Waals surface area contributed by atoms with E-state index in [1.54, 1.807) is 0 Å². The van der Waals surface area contributed by atoms with Crippen molar-refractivity contribution in [2.75, 3.05) is 6.61 Å². The molecular formula is C20H28O5. The predicted octanol–water partition coefficient (Wildman–Crippen LogP) is 2.34. The second kappa shape index (κ2) is 5.17. The summed E-state index contributed by atoms with van der Waals surface area (Å²) < 4.78 is 23.7. The van der Waals surface area contributed by atoms with Crippen LogP contribution in [0.25, 0.3) is 0 Å². The third-order valence-corrected chi connectivity index (χ3v) is 6.75. The Balaban J connectivity index is 1.42. The standard InChI is InChI=1S/C20H28O5/c1-10-7-14-17(23-14)20(4,21)6-5-11-12-8-15(16-19(2,3)25-16)24-18(12)22-9-13(10)11/h8,11,13-18,21H,1,5-7,9H2,2-4H3. The minimum Gasteiger partial charge on any atom is -0.387 e. The highest BCUT2D eigenvalue weighted by Gasteiger charge is 2.57. The summed E-state index contributed by atoms with van der Waals surface area (Å²) in [5, 5.41) is 10.8. The van der Waals surface area contributed by atoms with Crippen molar-refractivity contribution in [3.63, 3.8) is 0 Å². The lowest BCUT2D eigenvalue weighted by atomic mass is 9.76. The topological polar surface area (TPSA) is 63.8 Å². The molecule has 5 aliphatic rings. The summed E-state index contributed by atoms with van der Waals surface area (Å²) in [7, 11) is 0. The van der Waals surface area contributed by atoms with Gasteiger partial charge in [0.25, 0.3) is 0 Å². The fraction of sp³-hybridized carbons (Fsp3) is 0.800. The number of ether oxygens (including phenoxy) is 4. The first-order chi connectivity index (χ1) is 11.8. The summed E-state index contributed by atoms with van der Waals surface area (Å²) in [6, 6.07) is 0. The van der Waals surface area contributed by atoms with Crippen LogP contribution in [0.5, 0.6) is 0 Å². The van der Waals surface area contributed by atoms with Gasteiger partial charge in [0.15, 0.2) is 6.29 Å². The molecule has 0 aromatic carbocycles. The van der Waals surface area contributed by atoms with E-state index in [1.165, 1.54) is 11.1 Å². The Bertz CT molecular complexity index is 636. The smallest absolute Gasteiger partial charge is 0.181 e. The van der Waals surface area contributed by atoms with E-state index in [4.69, 9.17) is 18.9 Å². The number of fused-ring (bicyclic) bond motifs is 4. The molecule has 4 aliphatic heterocycles. The summed E-state index contributed by atoms with van der Waals surface area (Å²) in [4.78, 5) is 0. The first-order valence-corrected chi connectivity index (χ1v) is 9.48. The van der Waals surface area contributed by atoms with Gasteiger partial charge in [0.05, 0.1) is 23.9 Å². The highest BCUT2D eigenvalue weighted by molar-refractivity contribution is 5.28. The maximum Gasteiger partial charge on any atom is 0.181 e. The highest BCUT2D eigenvalue weighted by Crippen LogP contribution is 2.50. The molecule has 4 heterocycles. The molecule has 0 radical (unpaired) electrons. The van der Waals surface area contributed by atoms with Crippen LogP contribution in [-0.2, 0) is 18.9 Å². The first kappa shape index (κ1) is 16.5. The molecule has 5 rings (SSSR count). The van der Waals surface area contributed by atoms with E-state index in [-0.39, 0.29) is 42.2 Å². The third-order valence-electron chi connectivity index (χ3n) is 6.75. The van der Waals surface area contributed by atoms with Gasteiger partial charge >= 0.3 is 0 Å². The van der Waals surface area contributed by atoms with Gasteiger partial charge in [-0.15, -0.1) is 0 Å². The molecule has 8 atom stereocenters. The lowest BCUT2D eigenvalue weighted by Crippen LogP contribution is -2.38. The zero-order valence-corrected chi connectivity index (χ0v) is 15.2. The first-order valence-electron chi connectivity index (χ1n) is 9.48. The van der Waals surface area contributed by atoms with Crippen molar-refractivity contribution >= 4 is 0 Å². The van der Waals surface area contributed by atoms with Gasteiger partial charge in [-0.05, 0) is 57.6 Å². The molecule has 4 fully saturated rings. The number of hydrogen-bond donors (Lipinski definition) is 1. The van der Waals surface area contributed by atoms with Crippen LogP contribution in [-0.4, -0.2) is 53.6 Å². The van der Waals surface area contributed by atoms with Crippen LogP contribution in [0.3, 0.4) is 0 Å². The molecule has 0 aromatic rings. The van der Waals surface area contributed by atoms with Gasteiger partial charge in [0.2, 0.25) is 0 Å². The molecule has 1 aliphatic carbocycles. The van der Waals surface area contributed by atoms with Crippen LogP contribution in [0.15, 0.2) is 23.8 Å². The minimum absolute atomic E-state index is 0.0353. The normalized spacial score (nSPS) is 53.5. The number of hydrogen-bond acceptors (Lipinski definition) is 5. The SMILES string of the molecule is C=C1CC2OC2C(C)(O)CCC2C3=CC(C4OC4(C)C)OC3OCC12. The molecule has 1 N–H and O–H groups in total. The number of aliphatic hydroxyl groups is 1. The van der Waals surface area contributed by atoms with Crippen molar-refractivity contribution in [3.05, 3.63) is 23.8 Å². The van der Waals surface area contributed by atoms with E-state index in [1.807, 2.05) is 6.92 Å². The molecule has 8 unspecified atom stereocenters. The maximum atomic E-state index is 10.8. The van der Waals surface area contributed by atoms with Crippen molar-refractivity contribution < 1.29 is 24.1 Å². The van der Waals surface area contributed by atoms with Gasteiger partial charge in [-0.2, -0.15) is 0 Å². The molecule has 0 amide bonds. The molecule has 138 valence electrons. The lowest BCUT2D eigenvalue weighted by molar-refractivity contribution is -0.155. The Kier molecular flexibility index (Phi) is 3.40. The van der Waals surface area contributed by atoms with E-state index < -0.39 is 5.60 Å². The van der Waals surface area contributed by atoms with Crippen molar-refractivity contribution in [1.82, 2.24) is 0 Å². The van der Waals surface area contributed by atoms with E-state index in [9.17, 15) is 5.11 Å². The number of rotatable bonds is 1. The average molecular weight is 348 g/mol. The summed E-state index contributed by atoms with van der Waals surface area (Å²) in [5.74, 6) is 0.596. The van der Waals surface area contributed by atoms with Crippen LogP contribution < -0.4 is 0 Å². The second-order valence-electron chi connectivity index (χ2n) is 9.14. The fourth-order valence-electron chi connectivity index (χ4n) is 5.03. The van der Waals surface area contributed by atoms with E-state index >= 15 is 0 Å². The Labute approximate surface area is 149 Å². The minimum atomic E-state index is -0.769. The molecule has 5 nitrogen and oxygen atoms in total. The molecule has 0 spiro atoms. The van der Waals surface area contributed by atoms with Crippen molar-refractivity contribution in [3.8, 4) is 0 Å². The van der Waals surface area contributed by atoms with Gasteiger partial charge in [0, 0.05) is 5.92 Å². The zero-order chi connectivity index (χ0) is 17.6. The third kappa shape index (κ3) is 2.63. The summed E-state index contributed by atoms with van der Waals surface area (Å²) >= 11 is 0. The quantitative estimate of drug-likeness (QED) is 0.582. The predicted molar refractivity (Wildman–Crippen MR) is 90.9 cm³/mol. The molecule has 1 saturated carbocycles. The monoisotopic (exact) mass is 348 g/mol. The lowest BCUT2D eigenvalue weighted by Gasteiger charge is -2.38. The Hall–Kier alpha value is -0.720. The van der Waals surface area contributed by atoms with Crippen molar-refractivity contribution in [2.45, 2.75) is 81.9 Å². The van der Waals surface area contributed by atoms with Crippen LogP contribution >= 0.6 is 0 Å². The van der Waals surface area contributed by atoms with Crippen molar-refractivity contribution in [2.24, 2.45) is 11.8 Å². The zero-order valence-electron chi connectivity index (χ0n) is 15.2. The van der Waals surface area contributed by atoms with Crippen LogP contribution in [0.4, 0.5) is 0 Å². The summed E-state index contributed by atoms with van der Waals surface area (Å²) in [6.07, 6.45) is 4.52. The average Bonchev–Trinajstić information content (AvgIpc) is 3.38. The van der Waals surface area contributed by atoms with E-state index in [2.05, 4.69) is 26.5 Å². The van der Waals surface area contributed by atoms with Gasteiger partial charge < -0.3 is 24.1 Å². The van der Waals surface area contributed by atoms with E-state index in [0.29, 0.717) is 12.5 Å². The summed E-state index contributed by atoms with van der Waals surface area (Å²) in [5.41, 5.74) is 1.52. The number of epoxide rings is 2. The van der Waals surface area contributed by atoms with Gasteiger partial charge in [0.1, 0.15) is 18.3 Å². The molecular weight excluding hydrogens is 320 g/mol. The molecule has 0 bridgehead atoms. The molecule has 0 aromatic heterocycles. The highest BCUT2D eigenvalue weighted by atomic mass is 16.7. The van der Waals surface area contributed by atoms with Crippen molar-refractivity contribution in [1.29, 1.82) is 0 Å².